The number of carboxylic acids is 1. The number of nitrogens with zero attached hydrogens (tertiary/aromatic N) is 1. The number of carboxylic acid groups (broad SMARTS) is 1. The summed E-state index contributed by atoms with van der Waals surface area (Å²) in [6.07, 6.45) is 3.61. The number of aliphatic hydroxyl groups is 1. The molecule has 2 heterocycles. The highest BCUT2D eigenvalue weighted by Gasteiger charge is 2.50. The molecule has 3 aliphatic rings. The highest BCUT2D eigenvalue weighted by molar-refractivity contribution is 5.80. The number of aliphatic carboxylic acids is 1. The molecule has 1 amide bonds. The zero-order chi connectivity index (χ0) is 33.2. The summed E-state index contributed by atoms with van der Waals surface area (Å²) in [5.41, 5.74) is 6.58. The Labute approximate surface area is 278 Å². The van der Waals surface area contributed by atoms with Crippen molar-refractivity contribution >= 4 is 11.9 Å². The molecule has 3 aromatic rings. The number of fused-ring (bicyclic) bond motifs is 2. The van der Waals surface area contributed by atoms with Crippen molar-refractivity contribution in [2.24, 2.45) is 10.8 Å². The number of likely N-dealkylation sites (tertiary alicyclic amines) is 1. The van der Waals surface area contributed by atoms with Gasteiger partial charge in [-0.1, -0.05) is 93.6 Å². The summed E-state index contributed by atoms with van der Waals surface area (Å²) in [6.45, 7) is 9.59. The second kappa shape index (κ2) is 13.9. The SMILES string of the molecule is CC1(C)CC2CC(C)(CN2C[C@@H]2C[C@H](c3ccc(CO)cc3)O[C@H](c3ccc(-c4ccccc4CNC(=O)CCC(=O)O)cc3)O2)C1. The van der Waals surface area contributed by atoms with Gasteiger partial charge in [-0.15, -0.1) is 0 Å². The van der Waals surface area contributed by atoms with E-state index in [9.17, 15) is 14.7 Å². The number of carbonyl (C=O) groups is 2. The molecule has 0 radical (unpaired) electrons. The number of carbonyl (C=O) groups excluding carboxylic acids is 1. The van der Waals surface area contributed by atoms with Crippen LogP contribution in [0, 0.1) is 10.8 Å². The molecule has 250 valence electrons. The molecule has 2 saturated heterocycles. The molecule has 0 aromatic heterocycles. The summed E-state index contributed by atoms with van der Waals surface area (Å²) in [7, 11) is 0. The molecule has 3 N–H and O–H groups in total. The van der Waals surface area contributed by atoms with Crippen molar-refractivity contribution in [3.05, 3.63) is 95.1 Å². The van der Waals surface area contributed by atoms with Gasteiger partial charge in [0.25, 0.3) is 0 Å². The number of amides is 1. The van der Waals surface area contributed by atoms with E-state index in [-0.39, 0.29) is 37.6 Å². The lowest BCUT2D eigenvalue weighted by Crippen LogP contribution is -2.42. The van der Waals surface area contributed by atoms with Crippen molar-refractivity contribution in [3.63, 3.8) is 0 Å². The summed E-state index contributed by atoms with van der Waals surface area (Å²) in [6, 6.07) is 24.8. The third-order valence-corrected chi connectivity index (χ3v) is 10.1. The minimum atomic E-state index is -0.985. The molecule has 3 aromatic carbocycles. The maximum atomic E-state index is 12.2. The molecule has 8 heteroatoms. The number of rotatable bonds is 11. The number of hydrogen-bond acceptors (Lipinski definition) is 6. The molecule has 1 aliphatic carbocycles. The van der Waals surface area contributed by atoms with E-state index in [1.807, 2.05) is 36.4 Å². The third kappa shape index (κ3) is 8.12. The van der Waals surface area contributed by atoms with Crippen LogP contribution in [0.3, 0.4) is 0 Å². The van der Waals surface area contributed by atoms with Crippen molar-refractivity contribution in [2.45, 2.75) is 97.0 Å². The predicted octanol–water partition coefficient (Wildman–Crippen LogP) is 6.77. The molecule has 8 nitrogen and oxygen atoms in total. The van der Waals surface area contributed by atoms with E-state index >= 15 is 0 Å². The fourth-order valence-corrected chi connectivity index (χ4v) is 8.36. The van der Waals surface area contributed by atoms with E-state index < -0.39 is 12.3 Å². The fraction of sp³-hybridized carbons (Fsp3) is 0.487. The van der Waals surface area contributed by atoms with Gasteiger partial charge in [-0.25, -0.2) is 0 Å². The molecule has 2 aliphatic heterocycles. The van der Waals surface area contributed by atoms with Crippen LogP contribution >= 0.6 is 0 Å². The van der Waals surface area contributed by atoms with Gasteiger partial charge in [0.2, 0.25) is 5.91 Å². The highest BCUT2D eigenvalue weighted by Crippen LogP contribution is 2.53. The summed E-state index contributed by atoms with van der Waals surface area (Å²) in [5.74, 6) is -1.27. The minimum Gasteiger partial charge on any atom is -0.481 e. The van der Waals surface area contributed by atoms with Gasteiger partial charge in [0.05, 0.1) is 25.2 Å². The zero-order valence-electron chi connectivity index (χ0n) is 27.8. The molecular weight excluding hydrogens is 592 g/mol. The Bertz CT molecular complexity index is 1550. The van der Waals surface area contributed by atoms with Crippen LogP contribution in [0.25, 0.3) is 11.1 Å². The Hall–Kier alpha value is -3.56. The van der Waals surface area contributed by atoms with Gasteiger partial charge in [-0.3, -0.25) is 14.5 Å². The van der Waals surface area contributed by atoms with Crippen LogP contribution in [-0.2, 0) is 32.2 Å². The first-order chi connectivity index (χ1) is 22.5. The molecule has 3 fully saturated rings. The summed E-state index contributed by atoms with van der Waals surface area (Å²) >= 11 is 0. The Kier molecular flexibility index (Phi) is 9.85. The summed E-state index contributed by atoms with van der Waals surface area (Å²) in [4.78, 5) is 25.7. The van der Waals surface area contributed by atoms with E-state index in [2.05, 4.69) is 67.4 Å². The topological polar surface area (TPSA) is 108 Å². The van der Waals surface area contributed by atoms with Crippen molar-refractivity contribution in [3.8, 4) is 11.1 Å². The summed E-state index contributed by atoms with van der Waals surface area (Å²) < 4.78 is 13.4. The minimum absolute atomic E-state index is 0.00692. The average Bonchev–Trinajstić information content (AvgIpc) is 3.29. The lowest BCUT2D eigenvalue weighted by atomic mass is 9.65. The van der Waals surface area contributed by atoms with Gasteiger partial charge < -0.3 is 25.0 Å². The fourth-order valence-electron chi connectivity index (χ4n) is 8.36. The quantitative estimate of drug-likeness (QED) is 0.212. The molecule has 47 heavy (non-hydrogen) atoms. The van der Waals surface area contributed by atoms with E-state index in [4.69, 9.17) is 14.6 Å². The standard InChI is InChI=1S/C39H48N2O6/c1-38(2)19-31-20-39(3,24-38)25-41(31)22-32-18-34(28-10-8-26(23-42)9-11-28)47-37(46-32)29-14-12-27(13-15-29)33-7-5-4-6-30(33)21-40-35(43)16-17-36(44)45/h4-15,31-32,34,37,42H,16-25H2,1-3H3,(H,40,43)(H,44,45)/t31?,32-,34+,37+,39?/m0/s1. The van der Waals surface area contributed by atoms with Crippen LogP contribution in [0.5, 0.6) is 0 Å². The molecule has 2 unspecified atom stereocenters. The molecular formula is C39H48N2O6. The smallest absolute Gasteiger partial charge is 0.303 e. The highest BCUT2D eigenvalue weighted by atomic mass is 16.7. The predicted molar refractivity (Wildman–Crippen MR) is 180 cm³/mol. The second-order valence-electron chi connectivity index (χ2n) is 14.9. The monoisotopic (exact) mass is 640 g/mol. The van der Waals surface area contributed by atoms with Crippen LogP contribution in [-0.4, -0.2) is 52.2 Å². The number of nitrogens with one attached hydrogen (secondary N) is 1. The Balaban J connectivity index is 1.19. The van der Waals surface area contributed by atoms with Crippen molar-refractivity contribution in [2.75, 3.05) is 13.1 Å². The summed E-state index contributed by atoms with van der Waals surface area (Å²) in [5, 5.41) is 21.3. The zero-order valence-corrected chi connectivity index (χ0v) is 27.8. The van der Waals surface area contributed by atoms with Crippen LogP contribution in [0.2, 0.25) is 0 Å². The van der Waals surface area contributed by atoms with Crippen molar-refractivity contribution < 1.29 is 29.3 Å². The Morgan fingerprint density at radius 2 is 1.64 bits per heavy atom. The van der Waals surface area contributed by atoms with Crippen molar-refractivity contribution in [1.82, 2.24) is 10.2 Å². The maximum absolute atomic E-state index is 12.2. The number of benzene rings is 3. The van der Waals surface area contributed by atoms with E-state index in [0.717, 1.165) is 52.9 Å². The van der Waals surface area contributed by atoms with Gasteiger partial charge in [-0.2, -0.15) is 0 Å². The van der Waals surface area contributed by atoms with Gasteiger partial charge in [0, 0.05) is 44.1 Å². The Morgan fingerprint density at radius 1 is 0.915 bits per heavy atom. The van der Waals surface area contributed by atoms with Gasteiger partial charge >= 0.3 is 5.97 Å². The van der Waals surface area contributed by atoms with Crippen LogP contribution in [0.1, 0.15) is 93.9 Å². The van der Waals surface area contributed by atoms with E-state index in [0.29, 0.717) is 23.4 Å². The number of ether oxygens (including phenoxy) is 2. The largest absolute Gasteiger partial charge is 0.481 e. The molecule has 0 spiro atoms. The molecule has 6 rings (SSSR count). The first-order valence-corrected chi connectivity index (χ1v) is 16.9. The maximum Gasteiger partial charge on any atom is 0.303 e. The second-order valence-corrected chi connectivity index (χ2v) is 14.9. The molecule has 1 saturated carbocycles. The molecule has 5 atom stereocenters. The normalized spacial score (nSPS) is 27.0. The van der Waals surface area contributed by atoms with Crippen LogP contribution < -0.4 is 5.32 Å². The average molecular weight is 641 g/mol. The third-order valence-electron chi connectivity index (χ3n) is 10.1. The van der Waals surface area contributed by atoms with Gasteiger partial charge in [-0.05, 0) is 57.9 Å². The lowest BCUT2D eigenvalue weighted by Gasteiger charge is -2.41. The van der Waals surface area contributed by atoms with Gasteiger partial charge in [0.1, 0.15) is 0 Å². The van der Waals surface area contributed by atoms with E-state index in [1.54, 1.807) is 0 Å². The number of aliphatic hydroxyl groups excluding tert-OH is 1. The Morgan fingerprint density at radius 3 is 2.36 bits per heavy atom. The first kappa shape index (κ1) is 33.3. The van der Waals surface area contributed by atoms with Gasteiger partial charge in [0.15, 0.2) is 6.29 Å². The number of hydrogen-bond donors (Lipinski definition) is 3. The first-order valence-electron chi connectivity index (χ1n) is 16.9. The van der Waals surface area contributed by atoms with Crippen molar-refractivity contribution in [1.29, 1.82) is 0 Å². The molecule has 2 bridgehead atoms. The van der Waals surface area contributed by atoms with E-state index in [1.165, 1.54) is 19.3 Å². The lowest BCUT2D eigenvalue weighted by molar-refractivity contribution is -0.253. The van der Waals surface area contributed by atoms with Crippen LogP contribution in [0.15, 0.2) is 72.8 Å². The van der Waals surface area contributed by atoms with Crippen LogP contribution in [0.4, 0.5) is 0 Å².